The molecule has 0 aliphatic carbocycles. The Kier molecular flexibility index (Phi) is 3.74. The molecule has 0 aromatic heterocycles. The highest BCUT2D eigenvalue weighted by atomic mass is 79.9. The normalized spacial score (nSPS) is 12.4. The second kappa shape index (κ2) is 4.46. The molecule has 0 fully saturated rings. The second-order valence-electron chi connectivity index (χ2n) is 2.88. The van der Waals surface area contributed by atoms with Crippen LogP contribution >= 0.6 is 15.9 Å². The fraction of sp³-hybridized carbons (Fsp3) is 0. The van der Waals surface area contributed by atoms with Gasteiger partial charge < -0.3 is 0 Å². The summed E-state index contributed by atoms with van der Waals surface area (Å²) in [6.45, 7) is 0. The number of halogens is 1. The molecule has 0 spiro atoms. The van der Waals surface area contributed by atoms with E-state index in [2.05, 4.69) is 15.9 Å². The topological polar surface area (TPSA) is 126 Å². The van der Waals surface area contributed by atoms with E-state index in [1.807, 2.05) is 0 Å². The number of rotatable bonds is 3. The first kappa shape index (κ1) is 14.3. The first-order valence-electron chi connectivity index (χ1n) is 3.81. The van der Waals surface area contributed by atoms with E-state index in [0.29, 0.717) is 0 Å². The maximum Gasteiger partial charge on any atom is 0.295 e. The first-order valence-corrected chi connectivity index (χ1v) is 7.48. The zero-order valence-corrected chi connectivity index (χ0v) is 11.1. The summed E-state index contributed by atoms with van der Waals surface area (Å²) in [5.41, 5.74) is -0.835. The summed E-state index contributed by atoms with van der Waals surface area (Å²) in [4.78, 5) is 8.87. The molecule has 0 heterocycles. The Labute approximate surface area is 105 Å². The first-order chi connectivity index (χ1) is 7.57. The average Bonchev–Trinajstić information content (AvgIpc) is 2.13. The molecule has 0 saturated carbocycles. The molecular weight excluding hydrogens is 340 g/mol. The van der Waals surface area contributed by atoms with Crippen LogP contribution in [0.15, 0.2) is 26.4 Å². The highest BCUT2D eigenvalue weighted by Gasteiger charge is 2.25. The van der Waals surface area contributed by atoms with Crippen molar-refractivity contribution in [2.45, 2.75) is 9.79 Å². The summed E-state index contributed by atoms with van der Waals surface area (Å²) in [6.07, 6.45) is -0.0847. The number of benzene rings is 1. The number of hydrogen-bond donors (Lipinski definition) is 2. The molecule has 0 radical (unpaired) electrons. The van der Waals surface area contributed by atoms with Gasteiger partial charge in [0.15, 0.2) is 6.29 Å². The minimum atomic E-state index is -4.79. The molecule has 94 valence electrons. The quantitative estimate of drug-likeness (QED) is 0.612. The van der Waals surface area contributed by atoms with Gasteiger partial charge in [0.1, 0.15) is 9.79 Å². The molecule has 0 atom stereocenters. The maximum absolute atomic E-state index is 10.9. The van der Waals surface area contributed by atoms with Gasteiger partial charge in [-0.2, -0.15) is 16.8 Å². The minimum Gasteiger partial charge on any atom is -0.298 e. The van der Waals surface area contributed by atoms with E-state index in [0.717, 1.165) is 12.1 Å². The van der Waals surface area contributed by atoms with Gasteiger partial charge in [0, 0.05) is 4.47 Å². The van der Waals surface area contributed by atoms with Gasteiger partial charge in [-0.25, -0.2) is 0 Å². The summed E-state index contributed by atoms with van der Waals surface area (Å²) in [6, 6.07) is 1.68. The molecule has 1 aromatic rings. The van der Waals surface area contributed by atoms with Gasteiger partial charge in [-0.05, 0) is 12.1 Å². The van der Waals surface area contributed by atoms with Crippen LogP contribution in [0.4, 0.5) is 0 Å². The van der Waals surface area contributed by atoms with E-state index in [-0.39, 0.29) is 10.8 Å². The molecule has 7 nitrogen and oxygen atoms in total. The third kappa shape index (κ3) is 3.10. The zero-order chi connectivity index (χ0) is 13.4. The van der Waals surface area contributed by atoms with Crippen molar-refractivity contribution in [3.8, 4) is 0 Å². The van der Waals surface area contributed by atoms with Crippen molar-refractivity contribution in [3.05, 3.63) is 22.2 Å². The van der Waals surface area contributed by atoms with Crippen LogP contribution in [0.2, 0.25) is 0 Å². The molecule has 2 N–H and O–H groups in total. The highest BCUT2D eigenvalue weighted by molar-refractivity contribution is 9.10. The molecule has 17 heavy (non-hydrogen) atoms. The summed E-state index contributed by atoms with van der Waals surface area (Å²) in [7, 11) is -9.58. The van der Waals surface area contributed by atoms with E-state index in [9.17, 15) is 21.6 Å². The molecule has 0 saturated heterocycles. The van der Waals surface area contributed by atoms with Crippen LogP contribution in [-0.2, 0) is 20.2 Å². The summed E-state index contributed by atoms with van der Waals surface area (Å²) < 4.78 is 61.4. The van der Waals surface area contributed by atoms with Gasteiger partial charge in [-0.15, -0.1) is 0 Å². The number of carbonyl (C=O) groups is 1. The SMILES string of the molecule is O=Cc1c(S(=O)(=O)O)cc(Br)cc1S(=O)(=O)O. The van der Waals surface area contributed by atoms with Crippen molar-refractivity contribution in [2.24, 2.45) is 0 Å². The van der Waals surface area contributed by atoms with Crippen molar-refractivity contribution in [1.82, 2.24) is 0 Å². The van der Waals surface area contributed by atoms with Gasteiger partial charge >= 0.3 is 0 Å². The number of hydrogen-bond acceptors (Lipinski definition) is 5. The molecule has 1 aromatic carbocycles. The van der Waals surface area contributed by atoms with E-state index in [1.54, 1.807) is 0 Å². The van der Waals surface area contributed by atoms with Gasteiger partial charge in [0.05, 0.1) is 5.56 Å². The molecule has 0 bridgehead atoms. The number of carbonyl (C=O) groups excluding carboxylic acids is 1. The van der Waals surface area contributed by atoms with Crippen LogP contribution in [0.1, 0.15) is 10.4 Å². The zero-order valence-electron chi connectivity index (χ0n) is 7.86. The van der Waals surface area contributed by atoms with Gasteiger partial charge in [0.25, 0.3) is 20.2 Å². The second-order valence-corrected chi connectivity index (χ2v) is 6.58. The van der Waals surface area contributed by atoms with Crippen LogP contribution in [0.3, 0.4) is 0 Å². The monoisotopic (exact) mass is 344 g/mol. The van der Waals surface area contributed by atoms with Crippen molar-refractivity contribution in [1.29, 1.82) is 0 Å². The lowest BCUT2D eigenvalue weighted by atomic mass is 10.2. The van der Waals surface area contributed by atoms with Crippen molar-refractivity contribution in [3.63, 3.8) is 0 Å². The lowest BCUT2D eigenvalue weighted by Crippen LogP contribution is -2.09. The largest absolute Gasteiger partial charge is 0.298 e. The molecule has 0 aliphatic rings. The standard InChI is InChI=1S/C7H5BrO7S2/c8-4-1-6(16(10,11)12)5(3-9)7(2-4)17(13,14)15/h1-3H,(H,10,11,12)(H,13,14,15). The fourth-order valence-electron chi connectivity index (χ4n) is 1.11. The number of aldehydes is 1. The maximum atomic E-state index is 10.9. The summed E-state index contributed by atoms with van der Waals surface area (Å²) >= 11 is 2.79. The van der Waals surface area contributed by atoms with Crippen molar-refractivity contribution in [2.75, 3.05) is 0 Å². The van der Waals surface area contributed by atoms with Crippen LogP contribution in [0.5, 0.6) is 0 Å². The van der Waals surface area contributed by atoms with Crippen LogP contribution in [0.25, 0.3) is 0 Å². The molecule has 0 amide bonds. The Morgan fingerprint density at radius 3 is 1.59 bits per heavy atom. The molecule has 1 rings (SSSR count). The predicted octanol–water partition coefficient (Wildman–Crippen LogP) is 0.755. The van der Waals surface area contributed by atoms with Crippen molar-refractivity contribution >= 4 is 42.5 Å². The third-order valence-corrected chi connectivity index (χ3v) is 3.99. The Bertz CT molecular complexity index is 621. The Hall–Kier alpha value is -0.810. The Balaban J connectivity index is 3.90. The van der Waals surface area contributed by atoms with Crippen LogP contribution < -0.4 is 0 Å². The van der Waals surface area contributed by atoms with Crippen molar-refractivity contribution < 1.29 is 30.7 Å². The van der Waals surface area contributed by atoms with Gasteiger partial charge in [-0.1, -0.05) is 15.9 Å². The Morgan fingerprint density at radius 1 is 1.00 bits per heavy atom. The van der Waals surface area contributed by atoms with E-state index in [4.69, 9.17) is 9.11 Å². The molecule has 10 heteroatoms. The highest BCUT2D eigenvalue weighted by Crippen LogP contribution is 2.27. The minimum absolute atomic E-state index is 0.0386. The van der Waals surface area contributed by atoms with Crippen LogP contribution in [0, 0.1) is 0 Å². The van der Waals surface area contributed by atoms with E-state index < -0.39 is 35.6 Å². The molecule has 0 aliphatic heterocycles. The van der Waals surface area contributed by atoms with E-state index >= 15 is 0 Å². The van der Waals surface area contributed by atoms with Crippen LogP contribution in [-0.4, -0.2) is 32.2 Å². The third-order valence-electron chi connectivity index (χ3n) is 1.74. The average molecular weight is 345 g/mol. The summed E-state index contributed by atoms with van der Waals surface area (Å²) in [5, 5.41) is 0. The van der Waals surface area contributed by atoms with E-state index in [1.165, 1.54) is 0 Å². The summed E-state index contributed by atoms with van der Waals surface area (Å²) in [5.74, 6) is 0. The smallest absolute Gasteiger partial charge is 0.295 e. The lowest BCUT2D eigenvalue weighted by Gasteiger charge is -2.07. The van der Waals surface area contributed by atoms with Gasteiger partial charge in [-0.3, -0.25) is 13.9 Å². The Morgan fingerprint density at radius 2 is 1.35 bits per heavy atom. The predicted molar refractivity (Wildman–Crippen MR) is 59.2 cm³/mol. The lowest BCUT2D eigenvalue weighted by molar-refractivity contribution is 0.111. The molecular formula is C7H5BrO7S2. The fourth-order valence-corrected chi connectivity index (χ4v) is 3.36. The molecule has 0 unspecified atom stereocenters. The van der Waals surface area contributed by atoms with Gasteiger partial charge in [0.2, 0.25) is 0 Å².